The average Bonchev–Trinajstić information content (AvgIpc) is 2.76. The van der Waals surface area contributed by atoms with E-state index in [1.807, 2.05) is 47.9 Å². The molecule has 5 heteroatoms. The lowest BCUT2D eigenvalue weighted by molar-refractivity contribution is 0.270. The summed E-state index contributed by atoms with van der Waals surface area (Å²) < 4.78 is 2.99. The lowest BCUT2D eigenvalue weighted by Crippen LogP contribution is -2.03. The molecule has 3 aromatic rings. The monoisotopic (exact) mass is 331 g/mol. The largest absolute Gasteiger partial charge is 0.399 e. The number of benzene rings is 2. The summed E-state index contributed by atoms with van der Waals surface area (Å²) in [4.78, 5) is 4.45. The van der Waals surface area contributed by atoms with Crippen LogP contribution in [-0.4, -0.2) is 14.7 Å². The Bertz CT molecular complexity index is 795. The van der Waals surface area contributed by atoms with E-state index in [-0.39, 0.29) is 6.61 Å². The van der Waals surface area contributed by atoms with E-state index in [2.05, 4.69) is 20.9 Å². The topological polar surface area (TPSA) is 64.1 Å². The molecule has 3 rings (SSSR count). The summed E-state index contributed by atoms with van der Waals surface area (Å²) in [5.41, 5.74) is 10.3. The molecule has 0 amide bonds. The average molecular weight is 332 g/mol. The minimum atomic E-state index is -0.121. The number of aliphatic hydroxyl groups is 1. The Morgan fingerprint density at radius 1 is 1.25 bits per heavy atom. The van der Waals surface area contributed by atoms with Crippen molar-refractivity contribution < 1.29 is 5.11 Å². The number of aryl methyl sites for hydroxylation is 1. The highest BCUT2D eigenvalue weighted by Crippen LogP contribution is 2.27. The predicted octanol–water partition coefficient (Wildman–Crippen LogP) is 3.17. The third-order valence-corrected chi connectivity index (χ3v) is 3.78. The molecule has 0 spiro atoms. The van der Waals surface area contributed by atoms with Gasteiger partial charge < -0.3 is 10.8 Å². The first-order valence-corrected chi connectivity index (χ1v) is 7.03. The van der Waals surface area contributed by atoms with E-state index >= 15 is 0 Å². The molecule has 102 valence electrons. The van der Waals surface area contributed by atoms with E-state index in [9.17, 15) is 5.11 Å². The normalized spacial score (nSPS) is 11.2. The van der Waals surface area contributed by atoms with E-state index in [0.29, 0.717) is 11.5 Å². The summed E-state index contributed by atoms with van der Waals surface area (Å²) in [6, 6.07) is 11.6. The molecule has 0 bridgehead atoms. The number of nitrogens with zero attached hydrogens (tertiary/aromatic N) is 2. The molecule has 3 N–H and O–H groups in total. The fourth-order valence-corrected chi connectivity index (χ4v) is 2.87. The lowest BCUT2D eigenvalue weighted by Gasteiger charge is -2.11. The number of fused-ring (bicyclic) bond motifs is 1. The highest BCUT2D eigenvalue weighted by atomic mass is 79.9. The standard InChI is InChI=1S/C15H14BrN3O/c1-9-6-10(16)2-4-13(9)19-14-5-3-11(17)7-12(14)18-15(19)8-20/h2-7,20H,8,17H2,1H3. The molecule has 1 aromatic heterocycles. The first-order valence-electron chi connectivity index (χ1n) is 6.24. The summed E-state index contributed by atoms with van der Waals surface area (Å²) in [5.74, 6) is 0.607. The van der Waals surface area contributed by atoms with Crippen LogP contribution >= 0.6 is 15.9 Å². The van der Waals surface area contributed by atoms with E-state index in [1.54, 1.807) is 0 Å². The third-order valence-electron chi connectivity index (χ3n) is 3.29. The minimum absolute atomic E-state index is 0.121. The highest BCUT2D eigenvalue weighted by molar-refractivity contribution is 9.10. The van der Waals surface area contributed by atoms with Crippen LogP contribution in [0.1, 0.15) is 11.4 Å². The molecule has 0 radical (unpaired) electrons. The summed E-state index contributed by atoms with van der Waals surface area (Å²) in [5, 5.41) is 9.57. The van der Waals surface area contributed by atoms with E-state index in [0.717, 1.165) is 26.8 Å². The third kappa shape index (κ3) is 2.09. The quantitative estimate of drug-likeness (QED) is 0.709. The molecule has 0 aliphatic heterocycles. The van der Waals surface area contributed by atoms with Crippen LogP contribution in [0.5, 0.6) is 0 Å². The summed E-state index contributed by atoms with van der Waals surface area (Å²) in [7, 11) is 0. The smallest absolute Gasteiger partial charge is 0.140 e. The maximum Gasteiger partial charge on any atom is 0.140 e. The van der Waals surface area contributed by atoms with Gasteiger partial charge in [-0.1, -0.05) is 15.9 Å². The first-order chi connectivity index (χ1) is 9.60. The fraction of sp³-hybridized carbons (Fsp3) is 0.133. The molecular weight excluding hydrogens is 318 g/mol. The zero-order chi connectivity index (χ0) is 14.3. The second-order valence-corrected chi connectivity index (χ2v) is 5.62. The Hall–Kier alpha value is -1.85. The number of halogens is 1. The van der Waals surface area contributed by atoms with E-state index < -0.39 is 0 Å². The first kappa shape index (κ1) is 13.1. The number of nitrogens with two attached hydrogens (primary N) is 1. The van der Waals surface area contributed by atoms with Gasteiger partial charge in [0.05, 0.1) is 16.7 Å². The number of rotatable bonds is 2. The SMILES string of the molecule is Cc1cc(Br)ccc1-n1c(CO)nc2cc(N)ccc21. The number of imidazole rings is 1. The van der Waals surface area contributed by atoms with Crippen LogP contribution < -0.4 is 5.73 Å². The lowest BCUT2D eigenvalue weighted by atomic mass is 10.2. The second-order valence-electron chi connectivity index (χ2n) is 4.70. The number of nitrogen functional groups attached to an aromatic ring is 1. The molecule has 20 heavy (non-hydrogen) atoms. The van der Waals surface area contributed by atoms with Crippen LogP contribution in [0.25, 0.3) is 16.7 Å². The molecule has 0 fully saturated rings. The molecule has 0 aliphatic carbocycles. The van der Waals surface area contributed by atoms with E-state index in [1.165, 1.54) is 0 Å². The van der Waals surface area contributed by atoms with Crippen LogP contribution in [0, 0.1) is 6.92 Å². The van der Waals surface area contributed by atoms with Crippen LogP contribution in [0.15, 0.2) is 40.9 Å². The summed E-state index contributed by atoms with van der Waals surface area (Å²) >= 11 is 3.46. The molecule has 0 unspecified atom stereocenters. The Balaban J connectivity index is 2.34. The van der Waals surface area contributed by atoms with Crippen molar-refractivity contribution in [3.05, 3.63) is 52.3 Å². The van der Waals surface area contributed by atoms with Gasteiger partial charge in [0, 0.05) is 10.2 Å². The summed E-state index contributed by atoms with van der Waals surface area (Å²) in [6.45, 7) is 1.91. The second kappa shape index (κ2) is 4.92. The van der Waals surface area contributed by atoms with Gasteiger partial charge in [-0.3, -0.25) is 4.57 Å². The van der Waals surface area contributed by atoms with Crippen molar-refractivity contribution in [3.63, 3.8) is 0 Å². The molecule has 0 saturated carbocycles. The van der Waals surface area contributed by atoms with Crippen molar-refractivity contribution >= 4 is 32.7 Å². The Labute approximate surface area is 125 Å². The maximum absolute atomic E-state index is 9.57. The highest BCUT2D eigenvalue weighted by Gasteiger charge is 2.13. The number of anilines is 1. The van der Waals surface area contributed by atoms with E-state index in [4.69, 9.17) is 5.73 Å². The van der Waals surface area contributed by atoms with Crippen molar-refractivity contribution in [2.75, 3.05) is 5.73 Å². The molecule has 2 aromatic carbocycles. The minimum Gasteiger partial charge on any atom is -0.399 e. The van der Waals surface area contributed by atoms with Gasteiger partial charge in [0.1, 0.15) is 12.4 Å². The van der Waals surface area contributed by atoms with Crippen LogP contribution in [0.3, 0.4) is 0 Å². The zero-order valence-electron chi connectivity index (χ0n) is 11.0. The van der Waals surface area contributed by atoms with Gasteiger partial charge in [-0.05, 0) is 48.9 Å². The molecule has 1 heterocycles. The number of hydrogen-bond acceptors (Lipinski definition) is 3. The fourth-order valence-electron chi connectivity index (χ4n) is 2.39. The Kier molecular flexibility index (Phi) is 3.23. The molecule has 0 atom stereocenters. The van der Waals surface area contributed by atoms with Gasteiger partial charge in [-0.25, -0.2) is 4.98 Å². The van der Waals surface area contributed by atoms with Crippen LogP contribution in [-0.2, 0) is 6.61 Å². The maximum atomic E-state index is 9.57. The van der Waals surface area contributed by atoms with Gasteiger partial charge in [0.2, 0.25) is 0 Å². The summed E-state index contributed by atoms with van der Waals surface area (Å²) in [6.07, 6.45) is 0. The van der Waals surface area contributed by atoms with Crippen molar-refractivity contribution in [3.8, 4) is 5.69 Å². The Morgan fingerprint density at radius 2 is 2.05 bits per heavy atom. The molecule has 4 nitrogen and oxygen atoms in total. The number of aromatic nitrogens is 2. The number of hydrogen-bond donors (Lipinski definition) is 2. The van der Waals surface area contributed by atoms with Crippen molar-refractivity contribution in [2.45, 2.75) is 13.5 Å². The van der Waals surface area contributed by atoms with Crippen molar-refractivity contribution in [2.24, 2.45) is 0 Å². The van der Waals surface area contributed by atoms with Crippen LogP contribution in [0.2, 0.25) is 0 Å². The van der Waals surface area contributed by atoms with Gasteiger partial charge in [0.15, 0.2) is 0 Å². The molecular formula is C15H14BrN3O. The number of aliphatic hydroxyl groups excluding tert-OH is 1. The Morgan fingerprint density at radius 3 is 2.75 bits per heavy atom. The van der Waals surface area contributed by atoms with Gasteiger partial charge in [0.25, 0.3) is 0 Å². The van der Waals surface area contributed by atoms with Gasteiger partial charge in [-0.2, -0.15) is 0 Å². The zero-order valence-corrected chi connectivity index (χ0v) is 12.6. The van der Waals surface area contributed by atoms with Crippen molar-refractivity contribution in [1.82, 2.24) is 9.55 Å². The van der Waals surface area contributed by atoms with Crippen LogP contribution in [0.4, 0.5) is 5.69 Å². The molecule has 0 saturated heterocycles. The molecule has 0 aliphatic rings. The van der Waals surface area contributed by atoms with Crippen molar-refractivity contribution in [1.29, 1.82) is 0 Å². The predicted molar refractivity (Wildman–Crippen MR) is 83.8 cm³/mol. The van der Waals surface area contributed by atoms with Gasteiger partial charge >= 0.3 is 0 Å². The van der Waals surface area contributed by atoms with Gasteiger partial charge in [-0.15, -0.1) is 0 Å².